The first kappa shape index (κ1) is 11.3. The zero-order valence-corrected chi connectivity index (χ0v) is 8.39. The molecule has 0 atom stereocenters. The van der Waals surface area contributed by atoms with Gasteiger partial charge >= 0.3 is 0 Å². The summed E-state index contributed by atoms with van der Waals surface area (Å²) < 4.78 is 0. The van der Waals surface area contributed by atoms with Crippen LogP contribution in [-0.2, 0) is 0 Å². The molecule has 0 radical (unpaired) electrons. The molecule has 1 nitrogen and oxygen atoms in total. The molecule has 2 heteroatoms. The summed E-state index contributed by atoms with van der Waals surface area (Å²) in [6.07, 6.45) is 0. The van der Waals surface area contributed by atoms with Crippen molar-refractivity contribution in [2.75, 3.05) is 0 Å². The molecule has 0 fully saturated rings. The average molecular weight is 186 g/mol. The van der Waals surface area contributed by atoms with Crippen LogP contribution in [0.2, 0.25) is 0 Å². The zero-order chi connectivity index (χ0) is 8.43. The van der Waals surface area contributed by atoms with Gasteiger partial charge in [-0.15, -0.1) is 0 Å². The summed E-state index contributed by atoms with van der Waals surface area (Å²) in [5, 5.41) is 9.46. The molecule has 0 aromatic heterocycles. The van der Waals surface area contributed by atoms with Gasteiger partial charge in [-0.3, -0.25) is 0 Å². The second-order valence-electron chi connectivity index (χ2n) is 3.22. The number of phenols is 1. The maximum absolute atomic E-state index is 9.46. The molecule has 0 spiro atoms. The van der Waals surface area contributed by atoms with E-state index in [4.69, 9.17) is 0 Å². The summed E-state index contributed by atoms with van der Waals surface area (Å²) in [5.74, 6) is 0.815. The third-order valence-corrected chi connectivity index (χ3v) is 1.81. The Labute approximate surface area is 79.8 Å². The molecule has 0 saturated heterocycles. The molecule has 68 valence electrons. The molecule has 0 aliphatic heterocycles. The van der Waals surface area contributed by atoms with Crippen molar-refractivity contribution in [2.45, 2.75) is 26.7 Å². The van der Waals surface area contributed by atoms with Crippen LogP contribution >= 0.6 is 0 Å². The smallest absolute Gasteiger partial charge is 0.119 e. The summed E-state index contributed by atoms with van der Waals surface area (Å²) in [6.45, 7) is 6.12. The molecule has 0 bridgehead atoms. The summed E-state index contributed by atoms with van der Waals surface area (Å²) in [4.78, 5) is 0. The molecule has 12 heavy (non-hydrogen) atoms. The number of benzene rings is 1. The Morgan fingerprint density at radius 2 is 1.83 bits per heavy atom. The largest absolute Gasteiger partial charge is 1.00 e. The summed E-state index contributed by atoms with van der Waals surface area (Å²) in [6, 6.07) is 5.81. The first-order valence-corrected chi connectivity index (χ1v) is 3.91. The fourth-order valence-electron chi connectivity index (χ4n) is 1.14. The van der Waals surface area contributed by atoms with Crippen LogP contribution in [0, 0.1) is 6.92 Å². The van der Waals surface area contributed by atoms with Gasteiger partial charge in [0.25, 0.3) is 0 Å². The normalized spacial score (nSPS) is 9.67. The van der Waals surface area contributed by atoms with Crippen LogP contribution in [0.4, 0.5) is 0 Å². The number of hydrogen-bond acceptors (Lipinski definition) is 1. The predicted octanol–water partition coefficient (Wildman–Crippen LogP) is -0.172. The van der Waals surface area contributed by atoms with Crippen molar-refractivity contribution in [1.82, 2.24) is 0 Å². The summed E-state index contributed by atoms with van der Waals surface area (Å²) in [5.41, 5.74) is 2.13. The summed E-state index contributed by atoms with van der Waals surface area (Å²) in [7, 11) is 0. The minimum atomic E-state index is 0. The number of aromatic hydroxyl groups is 1. The molecule has 0 aliphatic rings. The lowest BCUT2D eigenvalue weighted by Crippen LogP contribution is -3.00. The quantitative estimate of drug-likeness (QED) is 0.644. The van der Waals surface area contributed by atoms with E-state index in [-0.39, 0.29) is 12.4 Å². The van der Waals surface area contributed by atoms with E-state index >= 15 is 0 Å². The number of phenolic OH excluding ortho intramolecular Hbond substituents is 1. The van der Waals surface area contributed by atoms with Gasteiger partial charge in [0.15, 0.2) is 0 Å². The molecule has 1 N–H and O–H groups in total. The Kier molecular flexibility index (Phi) is 4.11. The van der Waals surface area contributed by atoms with Gasteiger partial charge in [-0.05, 0) is 30.0 Å². The molecule has 0 heterocycles. The van der Waals surface area contributed by atoms with Crippen molar-refractivity contribution in [3.8, 4) is 5.75 Å². The van der Waals surface area contributed by atoms with Crippen LogP contribution in [0.15, 0.2) is 18.2 Å². The van der Waals surface area contributed by atoms with Crippen LogP contribution in [0.25, 0.3) is 0 Å². The maximum atomic E-state index is 9.46. The highest BCUT2D eigenvalue weighted by atomic mass is 35.5. The molecule has 1 rings (SSSR count). The Morgan fingerprint density at radius 3 is 2.25 bits per heavy atom. The SMILES string of the molecule is Cc1ccc(C(C)C)c(O)c1.[Cl-]. The monoisotopic (exact) mass is 185 g/mol. The van der Waals surface area contributed by atoms with E-state index in [9.17, 15) is 5.11 Å². The van der Waals surface area contributed by atoms with Gasteiger partial charge in [0.1, 0.15) is 5.75 Å². The van der Waals surface area contributed by atoms with Crippen molar-refractivity contribution in [3.63, 3.8) is 0 Å². The Bertz CT molecular complexity index is 256. The molecule has 0 saturated carbocycles. The van der Waals surface area contributed by atoms with Crippen LogP contribution in [-0.4, -0.2) is 5.11 Å². The number of rotatable bonds is 1. The minimum absolute atomic E-state index is 0. The Morgan fingerprint density at radius 1 is 1.25 bits per heavy atom. The molecule has 0 amide bonds. The van der Waals surface area contributed by atoms with E-state index < -0.39 is 0 Å². The van der Waals surface area contributed by atoms with E-state index in [0.29, 0.717) is 11.7 Å². The highest BCUT2D eigenvalue weighted by molar-refractivity contribution is 5.37. The molecule has 1 aromatic rings. The van der Waals surface area contributed by atoms with Crippen molar-refractivity contribution < 1.29 is 17.5 Å². The number of aryl methyl sites for hydroxylation is 1. The van der Waals surface area contributed by atoms with Crippen molar-refractivity contribution >= 4 is 0 Å². The van der Waals surface area contributed by atoms with Gasteiger partial charge in [0.2, 0.25) is 0 Å². The molecular formula is C10H14ClO-. The lowest BCUT2D eigenvalue weighted by Gasteiger charge is -2.07. The van der Waals surface area contributed by atoms with Gasteiger partial charge in [-0.25, -0.2) is 0 Å². The standard InChI is InChI=1S/C10H14O.ClH/c1-7(2)9-5-4-8(3)6-10(9)11;/h4-7,11H,1-3H3;1H/p-1. The van der Waals surface area contributed by atoms with Gasteiger partial charge in [-0.2, -0.15) is 0 Å². The second-order valence-corrected chi connectivity index (χ2v) is 3.22. The minimum Gasteiger partial charge on any atom is -1.00 e. The first-order chi connectivity index (χ1) is 5.11. The number of halogens is 1. The third-order valence-electron chi connectivity index (χ3n) is 1.81. The van der Waals surface area contributed by atoms with Gasteiger partial charge in [0.05, 0.1) is 0 Å². The van der Waals surface area contributed by atoms with Gasteiger partial charge in [-0.1, -0.05) is 26.0 Å². The highest BCUT2D eigenvalue weighted by Gasteiger charge is 2.03. The van der Waals surface area contributed by atoms with Crippen molar-refractivity contribution in [2.24, 2.45) is 0 Å². The van der Waals surface area contributed by atoms with E-state index in [0.717, 1.165) is 11.1 Å². The van der Waals surface area contributed by atoms with E-state index in [1.54, 1.807) is 6.07 Å². The molecule has 0 unspecified atom stereocenters. The molecule has 1 aromatic carbocycles. The fourth-order valence-corrected chi connectivity index (χ4v) is 1.14. The Balaban J connectivity index is 0.00000121. The second kappa shape index (κ2) is 4.36. The third kappa shape index (κ3) is 2.42. The summed E-state index contributed by atoms with van der Waals surface area (Å²) >= 11 is 0. The van der Waals surface area contributed by atoms with E-state index in [1.165, 1.54) is 0 Å². The van der Waals surface area contributed by atoms with Gasteiger partial charge in [0, 0.05) is 0 Å². The predicted molar refractivity (Wildman–Crippen MR) is 46.9 cm³/mol. The molecule has 0 aliphatic carbocycles. The van der Waals surface area contributed by atoms with Crippen LogP contribution < -0.4 is 12.4 Å². The first-order valence-electron chi connectivity index (χ1n) is 3.91. The van der Waals surface area contributed by atoms with E-state index in [1.807, 2.05) is 19.1 Å². The van der Waals surface area contributed by atoms with Crippen LogP contribution in [0.1, 0.15) is 30.9 Å². The lowest BCUT2D eigenvalue weighted by molar-refractivity contribution is -0.00000359. The van der Waals surface area contributed by atoms with Crippen LogP contribution in [0.5, 0.6) is 5.75 Å². The van der Waals surface area contributed by atoms with Crippen molar-refractivity contribution in [1.29, 1.82) is 0 Å². The number of hydrogen-bond donors (Lipinski definition) is 1. The maximum Gasteiger partial charge on any atom is 0.119 e. The fraction of sp³-hybridized carbons (Fsp3) is 0.400. The van der Waals surface area contributed by atoms with E-state index in [2.05, 4.69) is 13.8 Å². The lowest BCUT2D eigenvalue weighted by atomic mass is 10.0. The zero-order valence-electron chi connectivity index (χ0n) is 7.63. The average Bonchev–Trinajstić information content (AvgIpc) is 1.85. The van der Waals surface area contributed by atoms with Crippen LogP contribution in [0.3, 0.4) is 0 Å². The van der Waals surface area contributed by atoms with Crippen molar-refractivity contribution in [3.05, 3.63) is 29.3 Å². The highest BCUT2D eigenvalue weighted by Crippen LogP contribution is 2.25. The molecular weight excluding hydrogens is 172 g/mol. The van der Waals surface area contributed by atoms with Gasteiger partial charge < -0.3 is 17.5 Å². The Hall–Kier alpha value is -0.690. The topological polar surface area (TPSA) is 20.2 Å².